The van der Waals surface area contributed by atoms with Gasteiger partial charge in [-0.2, -0.15) is 0 Å². The van der Waals surface area contributed by atoms with Crippen molar-refractivity contribution >= 4 is 12.4 Å². The summed E-state index contributed by atoms with van der Waals surface area (Å²) in [5.74, 6) is 4.78. The largest absolute Gasteiger partial charge is 0.271 e. The van der Waals surface area contributed by atoms with Crippen molar-refractivity contribution in [2.75, 3.05) is 6.54 Å². The van der Waals surface area contributed by atoms with Gasteiger partial charge in [-0.25, -0.2) is 0 Å². The van der Waals surface area contributed by atoms with Crippen LogP contribution in [0.2, 0.25) is 0 Å². The smallest absolute Gasteiger partial charge is 0.00689 e. The first-order chi connectivity index (χ1) is 4.91. The summed E-state index contributed by atoms with van der Waals surface area (Å²) in [6, 6.07) is 12.0. The maximum Gasteiger partial charge on any atom is 0.00689 e. The van der Waals surface area contributed by atoms with Gasteiger partial charge in [-0.1, -0.05) is 43.3 Å². The maximum absolute atomic E-state index is 4.78. The molecule has 2 nitrogen and oxygen atoms in total. The van der Waals surface area contributed by atoms with Gasteiger partial charge in [0, 0.05) is 6.54 Å². The number of hydrazine groups is 1. The minimum absolute atomic E-state index is 0. The van der Waals surface area contributed by atoms with Crippen LogP contribution in [0.15, 0.2) is 36.4 Å². The Balaban J connectivity index is 0. The number of halogens is 1. The van der Waals surface area contributed by atoms with Gasteiger partial charge >= 0.3 is 0 Å². The van der Waals surface area contributed by atoms with Crippen LogP contribution < -0.4 is 11.3 Å². The molecule has 0 aliphatic rings. The average molecular weight is 175 g/mol. The minimum atomic E-state index is 0. The first-order valence-electron chi connectivity index (χ1n) is 3.35. The van der Waals surface area contributed by atoms with Crippen molar-refractivity contribution in [3.8, 4) is 0 Å². The third kappa shape index (κ3) is 12.6. The zero-order valence-corrected chi connectivity index (χ0v) is 7.47. The average Bonchev–Trinajstić information content (AvgIpc) is 2.08. The van der Waals surface area contributed by atoms with Crippen molar-refractivity contribution in [2.24, 2.45) is 5.84 Å². The predicted molar refractivity (Wildman–Crippen MR) is 51.6 cm³/mol. The molecule has 0 bridgehead atoms. The molecular weight excluding hydrogens is 160 g/mol. The third-order valence-electron chi connectivity index (χ3n) is 0.871. The Kier molecular flexibility index (Phi) is 14.4. The lowest BCUT2D eigenvalue weighted by molar-refractivity contribution is 0.781. The first-order valence-corrected chi connectivity index (χ1v) is 3.35. The van der Waals surface area contributed by atoms with Crippen LogP contribution >= 0.6 is 12.4 Å². The molecule has 0 amide bonds. The molecular formula is C8H15ClN2. The quantitative estimate of drug-likeness (QED) is 0.501. The Hall–Kier alpha value is -0.570. The van der Waals surface area contributed by atoms with Gasteiger partial charge in [-0.15, -0.1) is 12.4 Å². The molecule has 0 unspecified atom stereocenters. The highest BCUT2D eigenvalue weighted by atomic mass is 35.5. The third-order valence-corrected chi connectivity index (χ3v) is 0.871. The van der Waals surface area contributed by atoms with Crippen LogP contribution in [0.3, 0.4) is 0 Å². The molecule has 0 heterocycles. The van der Waals surface area contributed by atoms with E-state index in [1.165, 1.54) is 0 Å². The monoisotopic (exact) mass is 174 g/mol. The summed E-state index contributed by atoms with van der Waals surface area (Å²) in [4.78, 5) is 0. The second kappa shape index (κ2) is 12.1. The van der Waals surface area contributed by atoms with E-state index in [1.807, 2.05) is 43.3 Å². The number of hydrogen-bond acceptors (Lipinski definition) is 2. The SMILES string of the molecule is CCNN.Cl.c1ccccc1. The van der Waals surface area contributed by atoms with Gasteiger partial charge in [0.1, 0.15) is 0 Å². The normalized spacial score (nSPS) is 7.09. The fourth-order valence-corrected chi connectivity index (χ4v) is 0.385. The van der Waals surface area contributed by atoms with Crippen LogP contribution in [0.5, 0.6) is 0 Å². The molecule has 1 aromatic carbocycles. The summed E-state index contributed by atoms with van der Waals surface area (Å²) in [5, 5.41) is 0. The Morgan fingerprint density at radius 1 is 1.00 bits per heavy atom. The highest BCUT2D eigenvalue weighted by Gasteiger charge is 1.57. The molecule has 11 heavy (non-hydrogen) atoms. The summed E-state index contributed by atoms with van der Waals surface area (Å²) in [6.07, 6.45) is 0. The van der Waals surface area contributed by atoms with E-state index in [0.717, 1.165) is 6.54 Å². The van der Waals surface area contributed by atoms with E-state index in [-0.39, 0.29) is 12.4 Å². The van der Waals surface area contributed by atoms with Crippen molar-refractivity contribution in [1.82, 2.24) is 5.43 Å². The second-order valence-electron chi connectivity index (χ2n) is 1.71. The highest BCUT2D eigenvalue weighted by molar-refractivity contribution is 5.85. The zero-order valence-electron chi connectivity index (χ0n) is 6.66. The van der Waals surface area contributed by atoms with Crippen LogP contribution in [0.4, 0.5) is 0 Å². The van der Waals surface area contributed by atoms with E-state index < -0.39 is 0 Å². The fraction of sp³-hybridized carbons (Fsp3) is 0.250. The molecule has 0 fully saturated rings. The lowest BCUT2D eigenvalue weighted by Crippen LogP contribution is -2.20. The van der Waals surface area contributed by atoms with E-state index >= 15 is 0 Å². The predicted octanol–water partition coefficient (Wildman–Crippen LogP) is 1.58. The molecule has 0 aliphatic carbocycles. The first kappa shape index (κ1) is 13.1. The Bertz CT molecular complexity index is 104. The van der Waals surface area contributed by atoms with Gasteiger partial charge < -0.3 is 0 Å². The van der Waals surface area contributed by atoms with Gasteiger partial charge in [0.05, 0.1) is 0 Å². The van der Waals surface area contributed by atoms with E-state index in [0.29, 0.717) is 0 Å². The van der Waals surface area contributed by atoms with Gasteiger partial charge in [-0.05, 0) is 0 Å². The molecule has 0 saturated carbocycles. The van der Waals surface area contributed by atoms with Crippen molar-refractivity contribution < 1.29 is 0 Å². The van der Waals surface area contributed by atoms with Crippen LogP contribution in [-0.4, -0.2) is 6.54 Å². The van der Waals surface area contributed by atoms with Gasteiger partial charge in [0.2, 0.25) is 0 Å². The number of benzene rings is 1. The van der Waals surface area contributed by atoms with Crippen molar-refractivity contribution in [2.45, 2.75) is 6.92 Å². The fourth-order valence-electron chi connectivity index (χ4n) is 0.385. The molecule has 0 spiro atoms. The molecule has 3 N–H and O–H groups in total. The van der Waals surface area contributed by atoms with Crippen LogP contribution in [0, 0.1) is 0 Å². The second-order valence-corrected chi connectivity index (χ2v) is 1.71. The van der Waals surface area contributed by atoms with Crippen LogP contribution in [-0.2, 0) is 0 Å². The molecule has 3 heteroatoms. The lowest BCUT2D eigenvalue weighted by Gasteiger charge is -1.77. The lowest BCUT2D eigenvalue weighted by atomic mass is 10.4. The number of rotatable bonds is 1. The topological polar surface area (TPSA) is 38.0 Å². The Labute approximate surface area is 74.2 Å². The number of nitrogens with two attached hydrogens (primary N) is 1. The molecule has 1 rings (SSSR count). The Morgan fingerprint density at radius 3 is 1.27 bits per heavy atom. The maximum atomic E-state index is 4.78. The zero-order chi connectivity index (χ0) is 7.66. The molecule has 1 aromatic rings. The van der Waals surface area contributed by atoms with Gasteiger partial charge in [-0.3, -0.25) is 11.3 Å². The van der Waals surface area contributed by atoms with Crippen molar-refractivity contribution in [3.63, 3.8) is 0 Å². The summed E-state index contributed by atoms with van der Waals surface area (Å²) in [6.45, 7) is 2.79. The Morgan fingerprint density at radius 2 is 1.18 bits per heavy atom. The minimum Gasteiger partial charge on any atom is -0.271 e. The summed E-state index contributed by atoms with van der Waals surface area (Å²) in [5.41, 5.74) is 2.43. The summed E-state index contributed by atoms with van der Waals surface area (Å²) in [7, 11) is 0. The van der Waals surface area contributed by atoms with Crippen LogP contribution in [0.25, 0.3) is 0 Å². The van der Waals surface area contributed by atoms with Gasteiger partial charge in [0.25, 0.3) is 0 Å². The van der Waals surface area contributed by atoms with E-state index in [2.05, 4.69) is 5.43 Å². The van der Waals surface area contributed by atoms with Crippen LogP contribution in [0.1, 0.15) is 6.92 Å². The van der Waals surface area contributed by atoms with Crippen molar-refractivity contribution in [1.29, 1.82) is 0 Å². The summed E-state index contributed by atoms with van der Waals surface area (Å²) >= 11 is 0. The van der Waals surface area contributed by atoms with Gasteiger partial charge in [0.15, 0.2) is 0 Å². The standard InChI is InChI=1S/C6H6.C2H8N2.ClH/c1-2-4-6-5-3-1;1-2-4-3;/h1-6H;4H,2-3H2,1H3;1H. The number of nitrogens with one attached hydrogen (secondary N) is 1. The van der Waals surface area contributed by atoms with Crippen molar-refractivity contribution in [3.05, 3.63) is 36.4 Å². The molecule has 0 atom stereocenters. The molecule has 0 saturated heterocycles. The highest BCUT2D eigenvalue weighted by Crippen LogP contribution is 1.79. The molecule has 64 valence electrons. The van der Waals surface area contributed by atoms with E-state index in [4.69, 9.17) is 5.84 Å². The molecule has 0 radical (unpaired) electrons. The number of hydrogen-bond donors (Lipinski definition) is 2. The van der Waals surface area contributed by atoms with E-state index in [1.54, 1.807) is 0 Å². The molecule has 0 aliphatic heterocycles. The summed E-state index contributed by atoms with van der Waals surface area (Å²) < 4.78 is 0. The van der Waals surface area contributed by atoms with E-state index in [9.17, 15) is 0 Å². The molecule has 0 aromatic heterocycles.